The van der Waals surface area contributed by atoms with Gasteiger partial charge in [-0.3, -0.25) is 14.5 Å². The van der Waals surface area contributed by atoms with Crippen LogP contribution in [0.2, 0.25) is 0 Å². The quantitative estimate of drug-likeness (QED) is 0.109. The maximum atomic E-state index is 13.1. The molecule has 0 atom stereocenters. The van der Waals surface area contributed by atoms with Gasteiger partial charge in [-0.25, -0.2) is 0 Å². The first-order valence-electron chi connectivity index (χ1n) is 12.4. The van der Waals surface area contributed by atoms with E-state index in [-0.39, 0.29) is 34.5 Å². The van der Waals surface area contributed by atoms with Crippen molar-refractivity contribution in [3.63, 3.8) is 0 Å². The van der Waals surface area contributed by atoms with Crippen LogP contribution in [-0.4, -0.2) is 44.7 Å². The molecule has 0 aromatic heterocycles. The van der Waals surface area contributed by atoms with Crippen molar-refractivity contribution in [3.05, 3.63) is 98.5 Å². The average Bonchev–Trinajstić information content (AvgIpc) is 3.21. The first kappa shape index (κ1) is 29.0. The molecule has 0 saturated carbocycles. The smallest absolute Gasteiger partial charge is 0.339 e. The zero-order valence-electron chi connectivity index (χ0n) is 22.0. The number of methoxy groups -OCH3 is 1. The number of imide groups is 1. The Labute approximate surface area is 255 Å². The fraction of sp³-hybridized carbons (Fsp3) is 0.133. The van der Waals surface area contributed by atoms with Crippen LogP contribution < -0.4 is 13.7 Å². The third-order valence-corrected chi connectivity index (χ3v) is 9.19. The summed E-state index contributed by atoms with van der Waals surface area (Å²) in [6.45, 7) is 2.10. The van der Waals surface area contributed by atoms with Gasteiger partial charge in [0.1, 0.15) is 17.3 Å². The average molecular weight is 702 g/mol. The predicted octanol–water partition coefficient (Wildman–Crippen LogP) is 6.64. The highest BCUT2D eigenvalue weighted by Crippen LogP contribution is 2.38. The molecule has 11 heteroatoms. The van der Waals surface area contributed by atoms with E-state index in [0.717, 1.165) is 33.0 Å². The summed E-state index contributed by atoms with van der Waals surface area (Å²) in [4.78, 5) is 27.1. The van der Waals surface area contributed by atoms with E-state index in [2.05, 4.69) is 0 Å². The van der Waals surface area contributed by atoms with E-state index in [1.54, 1.807) is 30.3 Å². The molecular formula is C30H24INO7S2. The second-order valence-electron chi connectivity index (χ2n) is 9.04. The molecule has 0 radical (unpaired) electrons. The molecule has 1 aliphatic heterocycles. The van der Waals surface area contributed by atoms with Crippen molar-refractivity contribution >= 4 is 72.5 Å². The van der Waals surface area contributed by atoms with Crippen molar-refractivity contribution in [1.82, 2.24) is 4.90 Å². The predicted molar refractivity (Wildman–Crippen MR) is 167 cm³/mol. The van der Waals surface area contributed by atoms with E-state index in [9.17, 15) is 18.0 Å². The number of ether oxygens (including phenoxy) is 2. The molecule has 2 amide bonds. The summed E-state index contributed by atoms with van der Waals surface area (Å²) in [5.41, 5.74) is 1.46. The van der Waals surface area contributed by atoms with E-state index in [4.69, 9.17) is 13.7 Å². The van der Waals surface area contributed by atoms with Gasteiger partial charge in [0, 0.05) is 5.39 Å². The number of fused-ring (bicyclic) bond motifs is 1. The zero-order valence-corrected chi connectivity index (χ0v) is 25.8. The minimum atomic E-state index is -4.11. The highest BCUT2D eigenvalue weighted by atomic mass is 127. The first-order chi connectivity index (χ1) is 19.7. The van der Waals surface area contributed by atoms with Crippen LogP contribution in [0.1, 0.15) is 11.1 Å². The third-order valence-electron chi connectivity index (χ3n) is 6.25. The molecule has 41 heavy (non-hydrogen) atoms. The van der Waals surface area contributed by atoms with Crippen LogP contribution in [-0.2, 0) is 14.9 Å². The van der Waals surface area contributed by atoms with Gasteiger partial charge in [0.15, 0.2) is 11.5 Å². The third kappa shape index (κ3) is 6.36. The van der Waals surface area contributed by atoms with Gasteiger partial charge < -0.3 is 13.7 Å². The molecule has 4 aromatic rings. The van der Waals surface area contributed by atoms with Crippen molar-refractivity contribution in [2.45, 2.75) is 11.8 Å². The van der Waals surface area contributed by atoms with Crippen molar-refractivity contribution in [2.75, 3.05) is 20.3 Å². The SMILES string of the molecule is COc1cc(/C=C2\SC(=O)N(CCOc3cccc4ccccc34)C2=O)cc(I)c1OS(=O)(=O)c1ccc(C)cc1. The van der Waals surface area contributed by atoms with E-state index in [1.165, 1.54) is 19.2 Å². The van der Waals surface area contributed by atoms with Crippen molar-refractivity contribution in [3.8, 4) is 17.2 Å². The summed E-state index contributed by atoms with van der Waals surface area (Å²) < 4.78 is 42.9. The number of carbonyl (C=O) groups excluding carboxylic acids is 2. The van der Waals surface area contributed by atoms with Crippen LogP contribution in [0.15, 0.2) is 88.7 Å². The number of hydrogen-bond donors (Lipinski definition) is 0. The number of hydrogen-bond acceptors (Lipinski definition) is 8. The Hall–Kier alpha value is -3.55. The fourth-order valence-corrected chi connectivity index (χ4v) is 6.89. The first-order valence-corrected chi connectivity index (χ1v) is 15.7. The van der Waals surface area contributed by atoms with Gasteiger partial charge in [-0.1, -0.05) is 54.1 Å². The molecule has 1 aliphatic rings. The van der Waals surface area contributed by atoms with Gasteiger partial charge in [-0.05, 0) is 88.6 Å². The van der Waals surface area contributed by atoms with Crippen LogP contribution in [0, 0.1) is 10.5 Å². The molecule has 1 fully saturated rings. The Bertz CT molecular complexity index is 1780. The Morgan fingerprint density at radius 3 is 2.44 bits per heavy atom. The largest absolute Gasteiger partial charge is 0.493 e. The Morgan fingerprint density at radius 2 is 1.68 bits per heavy atom. The van der Waals surface area contributed by atoms with E-state index in [0.29, 0.717) is 14.9 Å². The number of benzene rings is 4. The number of nitrogens with zero attached hydrogens (tertiary/aromatic N) is 1. The fourth-order valence-electron chi connectivity index (χ4n) is 4.18. The molecule has 0 bridgehead atoms. The number of aryl methyl sites for hydroxylation is 1. The lowest BCUT2D eigenvalue weighted by Gasteiger charge is -2.14. The van der Waals surface area contributed by atoms with Crippen LogP contribution in [0.4, 0.5) is 4.79 Å². The molecule has 0 aliphatic carbocycles. The van der Waals surface area contributed by atoms with E-state index in [1.807, 2.05) is 72.0 Å². The standard InChI is InChI=1S/C30H24INO7S2/c1-19-10-12-22(13-11-19)41(35,36)39-28-24(31)16-20(17-26(28)37-2)18-27-29(33)32(30(34)40-27)14-15-38-25-9-5-7-21-6-3-4-8-23(21)25/h3-13,16-18H,14-15H2,1-2H3/b27-18-. The summed E-state index contributed by atoms with van der Waals surface area (Å²) in [5, 5.41) is 1.59. The van der Waals surface area contributed by atoms with Gasteiger partial charge in [0.25, 0.3) is 11.1 Å². The molecule has 4 aromatic carbocycles. The van der Waals surface area contributed by atoms with Gasteiger partial charge in [0.05, 0.1) is 22.1 Å². The zero-order chi connectivity index (χ0) is 29.1. The number of amides is 2. The van der Waals surface area contributed by atoms with Crippen molar-refractivity contribution in [1.29, 1.82) is 0 Å². The summed E-state index contributed by atoms with van der Waals surface area (Å²) in [7, 11) is -2.71. The molecule has 210 valence electrons. The van der Waals surface area contributed by atoms with Gasteiger partial charge >= 0.3 is 10.1 Å². The highest BCUT2D eigenvalue weighted by Gasteiger charge is 2.35. The maximum absolute atomic E-state index is 13.1. The lowest BCUT2D eigenvalue weighted by atomic mass is 10.1. The van der Waals surface area contributed by atoms with E-state index < -0.39 is 21.3 Å². The molecule has 1 saturated heterocycles. The number of rotatable bonds is 9. The Morgan fingerprint density at radius 1 is 0.951 bits per heavy atom. The maximum Gasteiger partial charge on any atom is 0.339 e. The van der Waals surface area contributed by atoms with Gasteiger partial charge in [-0.2, -0.15) is 8.42 Å². The topological polar surface area (TPSA) is 99.2 Å². The number of thioether (sulfide) groups is 1. The lowest BCUT2D eigenvalue weighted by molar-refractivity contribution is -0.123. The summed E-state index contributed by atoms with van der Waals surface area (Å²) in [6.07, 6.45) is 1.57. The van der Waals surface area contributed by atoms with Crippen LogP contribution >= 0.6 is 34.4 Å². The minimum absolute atomic E-state index is 0.0168. The molecular weight excluding hydrogens is 677 g/mol. The van der Waals surface area contributed by atoms with Crippen molar-refractivity contribution < 1.29 is 31.7 Å². The van der Waals surface area contributed by atoms with Crippen molar-refractivity contribution in [2.24, 2.45) is 0 Å². The second-order valence-corrected chi connectivity index (χ2v) is 12.7. The van der Waals surface area contributed by atoms with Gasteiger partial charge in [0.2, 0.25) is 0 Å². The monoisotopic (exact) mass is 701 g/mol. The summed E-state index contributed by atoms with van der Waals surface area (Å²) in [6, 6.07) is 23.1. The Kier molecular flexibility index (Phi) is 8.57. The molecule has 8 nitrogen and oxygen atoms in total. The van der Waals surface area contributed by atoms with Gasteiger partial charge in [-0.15, -0.1) is 0 Å². The summed E-state index contributed by atoms with van der Waals surface area (Å²) >= 11 is 2.77. The molecule has 5 rings (SSSR count). The molecule has 0 N–H and O–H groups in total. The Balaban J connectivity index is 1.30. The molecule has 0 spiro atoms. The normalized spacial score (nSPS) is 14.6. The second kappa shape index (κ2) is 12.1. The minimum Gasteiger partial charge on any atom is -0.493 e. The molecule has 0 unspecified atom stereocenters. The number of halogens is 1. The van der Waals surface area contributed by atoms with Crippen LogP contribution in [0.5, 0.6) is 17.2 Å². The highest BCUT2D eigenvalue weighted by molar-refractivity contribution is 14.1. The van der Waals surface area contributed by atoms with E-state index >= 15 is 0 Å². The van der Waals surface area contributed by atoms with Crippen LogP contribution in [0.3, 0.4) is 0 Å². The number of carbonyl (C=O) groups is 2. The lowest BCUT2D eigenvalue weighted by Crippen LogP contribution is -2.32. The molecule has 1 heterocycles. The summed E-state index contributed by atoms with van der Waals surface area (Å²) in [5.74, 6) is 0.447. The van der Waals surface area contributed by atoms with Crippen LogP contribution in [0.25, 0.3) is 16.8 Å².